The molecule has 3 fully saturated rings. The number of carbonyl (C=O) groups is 6. The first-order valence-electron chi connectivity index (χ1n) is 21.2. The molecule has 6 rings (SSSR count). The molecule has 0 spiro atoms. The van der Waals surface area contributed by atoms with E-state index in [9.17, 15) is 34.2 Å². The van der Waals surface area contributed by atoms with Gasteiger partial charge in [-0.05, 0) is 69.7 Å². The molecule has 2 bridgehead atoms. The van der Waals surface area contributed by atoms with E-state index < -0.39 is 118 Å². The van der Waals surface area contributed by atoms with Crippen LogP contribution in [0.4, 0.5) is 4.79 Å². The van der Waals surface area contributed by atoms with Gasteiger partial charge in [0, 0.05) is 32.1 Å². The number of benzene rings is 2. The van der Waals surface area contributed by atoms with Crippen molar-refractivity contribution in [3.05, 3.63) is 82.9 Å². The Labute approximate surface area is 377 Å². The minimum atomic E-state index is -2.35. The van der Waals surface area contributed by atoms with Gasteiger partial charge in [-0.25, -0.2) is 14.4 Å². The summed E-state index contributed by atoms with van der Waals surface area (Å²) in [7, 11) is 0. The number of ketones is 1. The molecule has 64 heavy (non-hydrogen) atoms. The van der Waals surface area contributed by atoms with E-state index in [0.717, 1.165) is 6.92 Å². The predicted molar refractivity (Wildman–Crippen MR) is 230 cm³/mol. The number of nitrogens with one attached hydrogen (secondary N) is 1. The van der Waals surface area contributed by atoms with Crippen LogP contribution in [0, 0.1) is 16.7 Å². The van der Waals surface area contributed by atoms with Crippen molar-refractivity contribution in [2.45, 2.75) is 135 Å². The molecule has 1 saturated heterocycles. The minimum Gasteiger partial charge on any atom is -0.456 e. The van der Waals surface area contributed by atoms with Crippen LogP contribution in [0.5, 0.6) is 0 Å². The van der Waals surface area contributed by atoms with Crippen LogP contribution in [0.3, 0.4) is 0 Å². The molecule has 0 radical (unpaired) electrons. The maximum Gasteiger partial charge on any atom is 0.408 e. The van der Waals surface area contributed by atoms with Crippen LogP contribution in [0.15, 0.2) is 71.8 Å². The largest absolute Gasteiger partial charge is 0.456 e. The molecule has 1 heterocycles. The summed E-state index contributed by atoms with van der Waals surface area (Å²) in [4.78, 5) is 84.1. The summed E-state index contributed by atoms with van der Waals surface area (Å²) < 4.78 is 42.8. The zero-order chi connectivity index (χ0) is 47.2. The molecule has 11 atom stereocenters. The van der Waals surface area contributed by atoms with E-state index in [1.807, 2.05) is 0 Å². The van der Waals surface area contributed by atoms with Crippen molar-refractivity contribution in [3.63, 3.8) is 0 Å². The number of carbonyl (C=O) groups excluding carboxylic acids is 6. The maximum atomic E-state index is 15.9. The van der Waals surface area contributed by atoms with Crippen molar-refractivity contribution in [2.75, 3.05) is 18.8 Å². The highest BCUT2D eigenvalue weighted by molar-refractivity contribution is 7.98. The van der Waals surface area contributed by atoms with Crippen molar-refractivity contribution >= 4 is 47.5 Å². The number of hydrogen-bond donors (Lipinski definition) is 3. The standard InChI is InChI=1S/C47H59NO15S/c1-25-30(60-41(54)35(51)34(28-17-13-11-14-18-28)48-42(55)63-43(4,5)6)22-47(56)39(61-40(53)29-19-15-12-16-20-29)37-45(9,38(52)36(59-26(2)49)33(25)44(47,7)8)31(58-24-64-10)21-32-46(37,23-57-32)62-27(3)50/h11-20,30-32,34-37,39,51,56H,21-24H2,1-10H3,(H,48,55)/t30-,31-,32+,34-,35+,36+,37?,39-,45+,46-,47+/m0/s1. The van der Waals surface area contributed by atoms with E-state index in [4.69, 9.17) is 33.2 Å². The number of ether oxygens (including phenoxy) is 7. The lowest BCUT2D eigenvalue weighted by molar-refractivity contribution is -0.347. The summed E-state index contributed by atoms with van der Waals surface area (Å²) in [5.41, 5.74) is -7.76. The van der Waals surface area contributed by atoms with Gasteiger partial charge >= 0.3 is 30.0 Å². The summed E-state index contributed by atoms with van der Waals surface area (Å²) in [6, 6.07) is 14.8. The Morgan fingerprint density at radius 3 is 2.11 bits per heavy atom. The van der Waals surface area contributed by atoms with Gasteiger partial charge in [-0.1, -0.05) is 62.4 Å². The molecule has 16 nitrogen and oxygen atoms in total. The van der Waals surface area contributed by atoms with Gasteiger partial charge in [0.15, 0.2) is 23.6 Å². The fourth-order valence-corrected chi connectivity index (χ4v) is 10.5. The Hall–Kier alpha value is -4.81. The lowest BCUT2D eigenvalue weighted by Gasteiger charge is -2.67. The molecular formula is C47H59NO15S. The summed E-state index contributed by atoms with van der Waals surface area (Å²) in [6.07, 6.45) is -8.57. The van der Waals surface area contributed by atoms with Gasteiger partial charge in [-0.3, -0.25) is 14.4 Å². The van der Waals surface area contributed by atoms with Gasteiger partial charge in [0.2, 0.25) is 0 Å². The first-order valence-corrected chi connectivity index (χ1v) is 22.6. The van der Waals surface area contributed by atoms with E-state index in [0.29, 0.717) is 5.56 Å². The Bertz CT molecular complexity index is 2160. The van der Waals surface area contributed by atoms with Crippen LogP contribution in [-0.4, -0.2) is 118 Å². The molecule has 3 aliphatic carbocycles. The summed E-state index contributed by atoms with van der Waals surface area (Å²) in [6.45, 7) is 13.4. The molecule has 4 aliphatic rings. The molecule has 1 amide bonds. The van der Waals surface area contributed by atoms with Gasteiger partial charge < -0.3 is 48.7 Å². The number of thioether (sulfide) groups is 1. The van der Waals surface area contributed by atoms with Crippen LogP contribution in [-0.2, 0) is 52.3 Å². The number of aliphatic hydroxyl groups is 2. The van der Waals surface area contributed by atoms with Gasteiger partial charge in [-0.2, -0.15) is 0 Å². The second-order valence-corrected chi connectivity index (χ2v) is 19.5. The van der Waals surface area contributed by atoms with E-state index in [2.05, 4.69) is 5.32 Å². The van der Waals surface area contributed by atoms with Crippen molar-refractivity contribution in [1.29, 1.82) is 0 Å². The molecule has 348 valence electrons. The van der Waals surface area contributed by atoms with Gasteiger partial charge in [0.05, 0.1) is 41.6 Å². The van der Waals surface area contributed by atoms with Crippen molar-refractivity contribution in [1.82, 2.24) is 5.32 Å². The van der Waals surface area contributed by atoms with E-state index in [-0.39, 0.29) is 35.7 Å². The molecule has 1 aliphatic heterocycles. The van der Waals surface area contributed by atoms with Gasteiger partial charge in [0.1, 0.15) is 29.5 Å². The van der Waals surface area contributed by atoms with Crippen molar-refractivity contribution in [2.24, 2.45) is 16.7 Å². The smallest absolute Gasteiger partial charge is 0.408 e. The van der Waals surface area contributed by atoms with E-state index in [1.165, 1.54) is 30.8 Å². The fraction of sp³-hybridized carbons (Fsp3) is 0.574. The topological polar surface area (TPSA) is 220 Å². The number of esters is 4. The number of amides is 1. The number of Topliss-reactive ketones (excluding diaryl/α,β-unsaturated/α-hetero) is 1. The molecule has 2 aromatic rings. The quantitative estimate of drug-likeness (QED) is 0.108. The molecule has 3 N–H and O–H groups in total. The highest BCUT2D eigenvalue weighted by Crippen LogP contribution is 2.65. The summed E-state index contributed by atoms with van der Waals surface area (Å²) in [5, 5.41) is 28.2. The zero-order valence-electron chi connectivity index (χ0n) is 37.8. The Kier molecular flexibility index (Phi) is 13.9. The third-order valence-electron chi connectivity index (χ3n) is 13.2. The number of fused-ring (bicyclic) bond motifs is 5. The predicted octanol–water partition coefficient (Wildman–Crippen LogP) is 5.18. The third-order valence-corrected chi connectivity index (χ3v) is 13.6. The number of hydrogen-bond acceptors (Lipinski definition) is 16. The Balaban J connectivity index is 1.57. The number of aliphatic hydroxyl groups excluding tert-OH is 1. The molecule has 2 aromatic carbocycles. The number of rotatable bonds is 12. The Morgan fingerprint density at radius 2 is 1.56 bits per heavy atom. The van der Waals surface area contributed by atoms with E-state index in [1.54, 1.807) is 103 Å². The molecule has 2 saturated carbocycles. The lowest BCUT2D eigenvalue weighted by atomic mass is 9.44. The third kappa shape index (κ3) is 8.81. The molecular weight excluding hydrogens is 851 g/mol. The fourth-order valence-electron chi connectivity index (χ4n) is 10.2. The summed E-state index contributed by atoms with van der Waals surface area (Å²) in [5.74, 6) is -5.76. The van der Waals surface area contributed by atoms with Crippen LogP contribution in [0.1, 0.15) is 97.1 Å². The first kappa shape index (κ1) is 48.6. The van der Waals surface area contributed by atoms with E-state index >= 15 is 4.79 Å². The molecule has 17 heteroatoms. The highest BCUT2D eigenvalue weighted by atomic mass is 32.2. The van der Waals surface area contributed by atoms with Crippen LogP contribution >= 0.6 is 11.8 Å². The number of alkyl carbamates (subject to hydrolysis) is 1. The van der Waals surface area contributed by atoms with Crippen LogP contribution < -0.4 is 5.32 Å². The molecule has 0 aromatic heterocycles. The average molecular weight is 910 g/mol. The average Bonchev–Trinajstić information content (AvgIpc) is 3.21. The van der Waals surface area contributed by atoms with Gasteiger partial charge in [0.25, 0.3) is 0 Å². The highest BCUT2D eigenvalue weighted by Gasteiger charge is 2.78. The second kappa shape index (κ2) is 18.2. The normalized spacial score (nSPS) is 31.5. The summed E-state index contributed by atoms with van der Waals surface area (Å²) >= 11 is 1.34. The first-order chi connectivity index (χ1) is 29.9. The maximum absolute atomic E-state index is 15.9. The van der Waals surface area contributed by atoms with Crippen LogP contribution in [0.25, 0.3) is 0 Å². The minimum absolute atomic E-state index is 0.0383. The Morgan fingerprint density at radius 1 is 0.938 bits per heavy atom. The monoisotopic (exact) mass is 909 g/mol. The SMILES string of the molecule is CSCO[C@H]1C[C@H]2OC[C@@]2(OC(C)=O)C2[C@H](OC(=O)c3ccccc3)[C@]3(O)C[C@H](OC(=O)[C@H](O)[C@@H](NC(=O)OC(C)(C)C)c4ccccc4)C(C)=C([C@@H](OC(C)=O)C(=O)[C@@]21C)C3(C)C. The second-order valence-electron chi connectivity index (χ2n) is 18.7. The van der Waals surface area contributed by atoms with Crippen molar-refractivity contribution < 1.29 is 72.1 Å². The van der Waals surface area contributed by atoms with Gasteiger partial charge in [-0.15, -0.1) is 11.8 Å². The van der Waals surface area contributed by atoms with Crippen LogP contribution in [0.2, 0.25) is 0 Å². The lowest BCUT2D eigenvalue weighted by Crippen LogP contribution is -2.82. The van der Waals surface area contributed by atoms with Crippen molar-refractivity contribution in [3.8, 4) is 0 Å². The zero-order valence-corrected chi connectivity index (χ0v) is 38.6. The molecule has 1 unspecified atom stereocenters.